The Morgan fingerprint density at radius 3 is 2.33 bits per heavy atom. The zero-order chi connectivity index (χ0) is 20.9. The molecule has 2 aromatic carbocycles. The summed E-state index contributed by atoms with van der Waals surface area (Å²) in [5, 5.41) is 3.18. The first-order chi connectivity index (χ1) is 14.7. The molecule has 1 N–H and O–H groups in total. The first kappa shape index (κ1) is 19.8. The molecule has 1 fully saturated rings. The number of ether oxygens (including phenoxy) is 1. The number of anilines is 1. The predicted molar refractivity (Wildman–Crippen MR) is 117 cm³/mol. The molecule has 7 heteroatoms. The van der Waals surface area contributed by atoms with Gasteiger partial charge in [-0.25, -0.2) is 9.78 Å². The van der Waals surface area contributed by atoms with Crippen LogP contribution in [-0.4, -0.2) is 53.8 Å². The Hall–Kier alpha value is -3.48. The van der Waals surface area contributed by atoms with E-state index in [4.69, 9.17) is 4.74 Å². The van der Waals surface area contributed by atoms with Gasteiger partial charge in [-0.05, 0) is 29.8 Å². The highest BCUT2D eigenvalue weighted by atomic mass is 16.5. The number of hydrogen-bond acceptors (Lipinski definition) is 4. The topological polar surface area (TPSA) is 62.6 Å². The van der Waals surface area contributed by atoms with Crippen molar-refractivity contribution in [3.8, 4) is 5.75 Å². The Kier molecular flexibility index (Phi) is 5.88. The van der Waals surface area contributed by atoms with E-state index in [1.54, 1.807) is 13.3 Å². The molecule has 0 spiro atoms. The standard InChI is InChI=1S/C23H27N5O2/c1-26-13-12-24-22(26)21(18-8-10-20(30-2)11-9-18)25-23(29)28-16-14-27(15-17-28)19-6-4-3-5-7-19/h3-13,21H,14-17H2,1-2H3,(H,25,29). The molecule has 1 aliphatic heterocycles. The van der Waals surface area contributed by atoms with E-state index in [2.05, 4.69) is 27.3 Å². The third-order valence-corrected chi connectivity index (χ3v) is 5.52. The molecule has 1 atom stereocenters. The zero-order valence-corrected chi connectivity index (χ0v) is 17.4. The van der Waals surface area contributed by atoms with Gasteiger partial charge in [0.15, 0.2) is 0 Å². The number of piperazine rings is 1. The lowest BCUT2D eigenvalue weighted by atomic mass is 10.1. The van der Waals surface area contributed by atoms with Gasteiger partial charge in [-0.3, -0.25) is 0 Å². The van der Waals surface area contributed by atoms with Gasteiger partial charge in [0.1, 0.15) is 17.6 Å². The molecule has 1 aliphatic rings. The van der Waals surface area contributed by atoms with Crippen LogP contribution in [0.25, 0.3) is 0 Å². The second-order valence-corrected chi connectivity index (χ2v) is 7.36. The number of imidazole rings is 1. The van der Waals surface area contributed by atoms with Crippen LogP contribution in [0.2, 0.25) is 0 Å². The van der Waals surface area contributed by atoms with Crippen molar-refractivity contribution in [1.82, 2.24) is 19.8 Å². The molecule has 0 bridgehead atoms. The monoisotopic (exact) mass is 405 g/mol. The summed E-state index contributed by atoms with van der Waals surface area (Å²) in [6, 6.07) is 17.6. The molecular formula is C23H27N5O2. The number of carbonyl (C=O) groups is 1. The summed E-state index contributed by atoms with van der Waals surface area (Å²) in [5.74, 6) is 1.57. The van der Waals surface area contributed by atoms with Gasteiger partial charge in [0, 0.05) is 51.3 Å². The van der Waals surface area contributed by atoms with Crippen LogP contribution >= 0.6 is 0 Å². The first-order valence-electron chi connectivity index (χ1n) is 10.1. The smallest absolute Gasteiger partial charge is 0.318 e. The number of para-hydroxylation sites is 1. The number of amides is 2. The van der Waals surface area contributed by atoms with Crippen LogP contribution in [0.1, 0.15) is 17.4 Å². The Labute approximate surface area is 176 Å². The lowest BCUT2D eigenvalue weighted by molar-refractivity contribution is 0.191. The highest BCUT2D eigenvalue weighted by molar-refractivity contribution is 5.75. The maximum atomic E-state index is 13.1. The fourth-order valence-electron chi connectivity index (χ4n) is 3.77. The van der Waals surface area contributed by atoms with Crippen molar-refractivity contribution < 1.29 is 9.53 Å². The van der Waals surface area contributed by atoms with Crippen LogP contribution < -0.4 is 15.0 Å². The van der Waals surface area contributed by atoms with Crippen LogP contribution in [0, 0.1) is 0 Å². The number of hydrogen-bond donors (Lipinski definition) is 1. The summed E-state index contributed by atoms with van der Waals surface area (Å²) in [6.45, 7) is 2.98. The molecular weight excluding hydrogens is 378 g/mol. The van der Waals surface area contributed by atoms with Gasteiger partial charge >= 0.3 is 6.03 Å². The fourth-order valence-corrected chi connectivity index (χ4v) is 3.77. The van der Waals surface area contributed by atoms with Crippen molar-refractivity contribution in [2.24, 2.45) is 7.05 Å². The average Bonchev–Trinajstić information content (AvgIpc) is 3.23. The summed E-state index contributed by atoms with van der Waals surface area (Å²) >= 11 is 0. The van der Waals surface area contributed by atoms with Crippen molar-refractivity contribution in [3.63, 3.8) is 0 Å². The number of methoxy groups -OCH3 is 1. The molecule has 1 unspecified atom stereocenters. The van der Waals surface area contributed by atoms with Crippen molar-refractivity contribution in [1.29, 1.82) is 0 Å². The Morgan fingerprint density at radius 2 is 1.73 bits per heavy atom. The highest BCUT2D eigenvalue weighted by Crippen LogP contribution is 2.24. The van der Waals surface area contributed by atoms with E-state index < -0.39 is 0 Å². The lowest BCUT2D eigenvalue weighted by Crippen LogP contribution is -2.52. The van der Waals surface area contributed by atoms with Gasteiger partial charge < -0.3 is 24.4 Å². The third kappa shape index (κ3) is 4.25. The quantitative estimate of drug-likeness (QED) is 0.709. The lowest BCUT2D eigenvalue weighted by Gasteiger charge is -2.36. The predicted octanol–water partition coefficient (Wildman–Crippen LogP) is 3.05. The van der Waals surface area contributed by atoms with Crippen LogP contribution in [-0.2, 0) is 7.05 Å². The van der Waals surface area contributed by atoms with Gasteiger partial charge in [0.25, 0.3) is 0 Å². The van der Waals surface area contributed by atoms with Crippen molar-refractivity contribution in [2.45, 2.75) is 6.04 Å². The molecule has 1 saturated heterocycles. The Morgan fingerprint density at radius 1 is 1.03 bits per heavy atom. The molecule has 0 saturated carbocycles. The number of nitrogens with zero attached hydrogens (tertiary/aromatic N) is 4. The minimum Gasteiger partial charge on any atom is -0.497 e. The molecule has 0 aliphatic carbocycles. The number of benzene rings is 2. The summed E-state index contributed by atoms with van der Waals surface area (Å²) in [6.07, 6.45) is 3.63. The Bertz CT molecular complexity index is 963. The van der Waals surface area contributed by atoms with E-state index in [9.17, 15) is 4.79 Å². The second-order valence-electron chi connectivity index (χ2n) is 7.36. The summed E-state index contributed by atoms with van der Waals surface area (Å²) < 4.78 is 7.20. The number of urea groups is 1. The van der Waals surface area contributed by atoms with E-state index in [-0.39, 0.29) is 12.1 Å². The zero-order valence-electron chi connectivity index (χ0n) is 17.4. The molecule has 7 nitrogen and oxygen atoms in total. The number of aromatic nitrogens is 2. The van der Waals surface area contributed by atoms with Gasteiger partial charge in [0.05, 0.1) is 7.11 Å². The van der Waals surface area contributed by atoms with E-state index in [1.165, 1.54) is 5.69 Å². The van der Waals surface area contributed by atoms with Crippen molar-refractivity contribution >= 4 is 11.7 Å². The SMILES string of the molecule is COc1ccc(C(NC(=O)N2CCN(c3ccccc3)CC2)c2nccn2C)cc1. The maximum Gasteiger partial charge on any atom is 0.318 e. The van der Waals surface area contributed by atoms with Crippen molar-refractivity contribution in [2.75, 3.05) is 38.2 Å². The average molecular weight is 406 g/mol. The molecule has 0 radical (unpaired) electrons. The van der Waals surface area contributed by atoms with Crippen LogP contribution in [0.5, 0.6) is 5.75 Å². The normalized spacial score (nSPS) is 15.0. The number of rotatable bonds is 5. The van der Waals surface area contributed by atoms with E-state index >= 15 is 0 Å². The van der Waals surface area contributed by atoms with E-state index in [0.29, 0.717) is 13.1 Å². The van der Waals surface area contributed by atoms with Crippen LogP contribution in [0.4, 0.5) is 10.5 Å². The number of carbonyl (C=O) groups excluding carboxylic acids is 1. The molecule has 1 aromatic heterocycles. The molecule has 3 aromatic rings. The fraction of sp³-hybridized carbons (Fsp3) is 0.304. The largest absolute Gasteiger partial charge is 0.497 e. The molecule has 2 heterocycles. The second kappa shape index (κ2) is 8.90. The van der Waals surface area contributed by atoms with Crippen LogP contribution in [0.15, 0.2) is 67.0 Å². The van der Waals surface area contributed by atoms with Gasteiger partial charge in [-0.1, -0.05) is 30.3 Å². The van der Waals surface area contributed by atoms with Crippen molar-refractivity contribution in [3.05, 3.63) is 78.4 Å². The van der Waals surface area contributed by atoms with Crippen LogP contribution in [0.3, 0.4) is 0 Å². The summed E-state index contributed by atoms with van der Waals surface area (Å²) in [7, 11) is 3.58. The highest BCUT2D eigenvalue weighted by Gasteiger charge is 2.26. The summed E-state index contributed by atoms with van der Waals surface area (Å²) in [5.41, 5.74) is 2.16. The molecule has 4 rings (SSSR count). The minimum absolute atomic E-state index is 0.0773. The molecule has 156 valence electrons. The first-order valence-corrected chi connectivity index (χ1v) is 10.1. The van der Waals surface area contributed by atoms with Gasteiger partial charge in [0.2, 0.25) is 0 Å². The van der Waals surface area contributed by atoms with E-state index in [1.807, 2.05) is 65.2 Å². The van der Waals surface area contributed by atoms with E-state index in [0.717, 1.165) is 30.2 Å². The molecule has 30 heavy (non-hydrogen) atoms. The molecule has 2 amide bonds. The van der Waals surface area contributed by atoms with Gasteiger partial charge in [-0.15, -0.1) is 0 Å². The Balaban J connectivity index is 1.46. The minimum atomic E-state index is -0.337. The van der Waals surface area contributed by atoms with Gasteiger partial charge in [-0.2, -0.15) is 0 Å². The number of aryl methyl sites for hydroxylation is 1. The maximum absolute atomic E-state index is 13.1. The third-order valence-electron chi connectivity index (χ3n) is 5.52. The number of nitrogens with one attached hydrogen (secondary N) is 1. The summed E-state index contributed by atoms with van der Waals surface area (Å²) in [4.78, 5) is 21.7.